The molecule has 1 heterocycles. The topological polar surface area (TPSA) is 64.3 Å². The lowest BCUT2D eigenvalue weighted by Gasteiger charge is -1.95. The van der Waals surface area contributed by atoms with Gasteiger partial charge >= 0.3 is 6.04 Å². The number of fused-ring (bicyclic) bond motifs is 1. The number of nitriles is 2. The van der Waals surface area contributed by atoms with Crippen molar-refractivity contribution in [1.82, 2.24) is 5.10 Å². The molecule has 0 saturated heterocycles. The zero-order chi connectivity index (χ0) is 10.7. The van der Waals surface area contributed by atoms with E-state index in [-0.39, 0.29) is 0 Å². The van der Waals surface area contributed by atoms with Crippen molar-refractivity contribution in [2.45, 2.75) is 6.04 Å². The molecule has 0 radical (unpaired) electrons. The number of rotatable bonds is 1. The normalized spacial score (nSPS) is 9.80. The van der Waals surface area contributed by atoms with Crippen LogP contribution in [0.1, 0.15) is 6.04 Å². The second-order valence-electron chi connectivity index (χ2n) is 3.04. The summed E-state index contributed by atoms with van der Waals surface area (Å²) in [4.78, 5) is 0. The Labute approximate surface area is 86.6 Å². The van der Waals surface area contributed by atoms with Gasteiger partial charge in [0.1, 0.15) is 6.20 Å². The first-order valence-electron chi connectivity index (χ1n) is 4.40. The molecule has 1 aromatic carbocycles. The van der Waals surface area contributed by atoms with Crippen LogP contribution in [0.25, 0.3) is 10.8 Å². The van der Waals surface area contributed by atoms with E-state index in [4.69, 9.17) is 10.5 Å². The molecule has 1 aromatic heterocycles. The average molecular weight is 195 g/mol. The zero-order valence-corrected chi connectivity index (χ0v) is 7.83. The van der Waals surface area contributed by atoms with Gasteiger partial charge in [-0.25, -0.2) is 0 Å². The lowest BCUT2D eigenvalue weighted by atomic mass is 10.2. The molecule has 70 valence electrons. The van der Waals surface area contributed by atoms with Crippen molar-refractivity contribution in [3.63, 3.8) is 0 Å². The van der Waals surface area contributed by atoms with Gasteiger partial charge in [-0.3, -0.25) is 0 Å². The van der Waals surface area contributed by atoms with Crippen LogP contribution in [0, 0.1) is 22.7 Å². The van der Waals surface area contributed by atoms with Crippen LogP contribution in [0.4, 0.5) is 0 Å². The Morgan fingerprint density at radius 1 is 1.13 bits per heavy atom. The molecule has 4 heteroatoms. The first kappa shape index (κ1) is 9.11. The van der Waals surface area contributed by atoms with E-state index in [1.165, 1.54) is 4.68 Å². The van der Waals surface area contributed by atoms with E-state index in [9.17, 15) is 0 Å². The molecule has 15 heavy (non-hydrogen) atoms. The summed E-state index contributed by atoms with van der Waals surface area (Å²) in [6, 6.07) is 10.5. The van der Waals surface area contributed by atoms with Crippen molar-refractivity contribution in [2.75, 3.05) is 0 Å². The third-order valence-electron chi connectivity index (χ3n) is 2.11. The van der Waals surface area contributed by atoms with E-state index in [1.807, 2.05) is 36.4 Å². The van der Waals surface area contributed by atoms with Crippen LogP contribution in [-0.2, 0) is 0 Å². The standard InChI is InChI=1S/C11H7N4/c12-5-11(6-13)15-8-10-4-2-1-3-9(10)7-14-15/h1-4,7-8,11H/q+1. The maximum Gasteiger partial charge on any atom is 0.353 e. The Balaban J connectivity index is 2.58. The van der Waals surface area contributed by atoms with Gasteiger partial charge in [-0.05, 0) is 11.2 Å². The lowest BCUT2D eigenvalue weighted by Crippen LogP contribution is -2.41. The molecule has 4 nitrogen and oxygen atoms in total. The molecule has 0 aliphatic rings. The van der Waals surface area contributed by atoms with Crippen LogP contribution in [0.3, 0.4) is 0 Å². The number of nitrogens with zero attached hydrogens (tertiary/aromatic N) is 4. The molecule has 0 amide bonds. The van der Waals surface area contributed by atoms with Crippen LogP contribution >= 0.6 is 0 Å². The number of aromatic nitrogens is 2. The number of hydrogen-bond donors (Lipinski definition) is 0. The van der Waals surface area contributed by atoms with Crippen molar-refractivity contribution in [3.8, 4) is 12.1 Å². The van der Waals surface area contributed by atoms with E-state index < -0.39 is 6.04 Å². The fourth-order valence-electron chi connectivity index (χ4n) is 1.34. The summed E-state index contributed by atoms with van der Waals surface area (Å²) in [5.41, 5.74) is 0. The van der Waals surface area contributed by atoms with E-state index in [2.05, 4.69) is 5.10 Å². The van der Waals surface area contributed by atoms with Crippen molar-refractivity contribution in [2.24, 2.45) is 0 Å². The highest BCUT2D eigenvalue weighted by molar-refractivity contribution is 5.79. The maximum atomic E-state index is 8.72. The Hall–Kier alpha value is -2.46. The Bertz CT molecular complexity index is 563. The molecule has 2 rings (SSSR count). The first-order chi connectivity index (χ1) is 7.35. The van der Waals surface area contributed by atoms with E-state index in [0.29, 0.717) is 0 Å². The van der Waals surface area contributed by atoms with Gasteiger partial charge in [-0.15, -0.1) is 0 Å². The van der Waals surface area contributed by atoms with E-state index >= 15 is 0 Å². The molecule has 0 aliphatic carbocycles. The smallest absolute Gasteiger partial charge is 0.190 e. The number of hydrogen-bond acceptors (Lipinski definition) is 3. The fraction of sp³-hybridized carbons (Fsp3) is 0.0909. The highest BCUT2D eigenvalue weighted by Gasteiger charge is 2.18. The molecule has 0 N–H and O–H groups in total. The third kappa shape index (κ3) is 1.61. The minimum absolute atomic E-state index is 0.866. The largest absolute Gasteiger partial charge is 0.353 e. The molecular formula is C11H7N4+. The van der Waals surface area contributed by atoms with Crippen LogP contribution in [0.2, 0.25) is 0 Å². The van der Waals surface area contributed by atoms with Gasteiger partial charge < -0.3 is 0 Å². The maximum absolute atomic E-state index is 8.72. The molecule has 0 bridgehead atoms. The summed E-state index contributed by atoms with van der Waals surface area (Å²) in [6.07, 6.45) is 3.35. The second kappa shape index (κ2) is 3.73. The Morgan fingerprint density at radius 3 is 2.47 bits per heavy atom. The van der Waals surface area contributed by atoms with Gasteiger partial charge in [-0.1, -0.05) is 22.9 Å². The van der Waals surface area contributed by atoms with Gasteiger partial charge in [0.05, 0.1) is 0 Å². The third-order valence-corrected chi connectivity index (χ3v) is 2.11. The lowest BCUT2D eigenvalue weighted by molar-refractivity contribution is -0.753. The molecule has 0 spiro atoms. The second-order valence-corrected chi connectivity index (χ2v) is 3.04. The molecule has 0 aliphatic heterocycles. The summed E-state index contributed by atoms with van der Waals surface area (Å²) >= 11 is 0. The van der Waals surface area contributed by atoms with Crippen LogP contribution in [0.15, 0.2) is 36.7 Å². The predicted molar refractivity (Wildman–Crippen MR) is 52.2 cm³/mol. The highest BCUT2D eigenvalue weighted by atomic mass is 15.3. The van der Waals surface area contributed by atoms with Crippen molar-refractivity contribution in [1.29, 1.82) is 10.5 Å². The van der Waals surface area contributed by atoms with Gasteiger partial charge in [0.15, 0.2) is 12.1 Å². The zero-order valence-electron chi connectivity index (χ0n) is 7.83. The van der Waals surface area contributed by atoms with Crippen LogP contribution < -0.4 is 4.68 Å². The van der Waals surface area contributed by atoms with Gasteiger partial charge in [0.25, 0.3) is 0 Å². The van der Waals surface area contributed by atoms with Crippen molar-refractivity contribution in [3.05, 3.63) is 36.7 Å². The molecular weight excluding hydrogens is 188 g/mol. The molecule has 0 unspecified atom stereocenters. The predicted octanol–water partition coefficient (Wildman–Crippen LogP) is 1.11. The number of benzene rings is 1. The monoisotopic (exact) mass is 195 g/mol. The summed E-state index contributed by atoms with van der Waals surface area (Å²) in [6.45, 7) is 0. The SMILES string of the molecule is N#CC(C#N)[n+]1cc2ccccc2cn1. The Kier molecular flexibility index (Phi) is 2.26. The minimum Gasteiger partial charge on any atom is -0.190 e. The fourth-order valence-corrected chi connectivity index (χ4v) is 1.34. The minimum atomic E-state index is -0.866. The summed E-state index contributed by atoms with van der Waals surface area (Å²) < 4.78 is 1.36. The molecule has 0 fully saturated rings. The van der Waals surface area contributed by atoms with Crippen LogP contribution in [-0.4, -0.2) is 5.10 Å². The highest BCUT2D eigenvalue weighted by Crippen LogP contribution is 2.09. The Morgan fingerprint density at radius 2 is 1.80 bits per heavy atom. The van der Waals surface area contributed by atoms with E-state index in [1.54, 1.807) is 12.4 Å². The first-order valence-corrected chi connectivity index (χ1v) is 4.40. The molecule has 0 saturated carbocycles. The molecule has 0 atom stereocenters. The summed E-state index contributed by atoms with van der Waals surface area (Å²) in [5.74, 6) is 0. The summed E-state index contributed by atoms with van der Waals surface area (Å²) in [7, 11) is 0. The summed E-state index contributed by atoms with van der Waals surface area (Å²) in [5, 5.41) is 23.4. The molecule has 2 aromatic rings. The van der Waals surface area contributed by atoms with E-state index in [0.717, 1.165) is 10.8 Å². The van der Waals surface area contributed by atoms with Gasteiger partial charge in [0.2, 0.25) is 6.20 Å². The van der Waals surface area contributed by atoms with Crippen molar-refractivity contribution >= 4 is 10.8 Å². The van der Waals surface area contributed by atoms with Crippen LogP contribution in [0.5, 0.6) is 0 Å². The van der Waals surface area contributed by atoms with Gasteiger partial charge in [-0.2, -0.15) is 10.5 Å². The van der Waals surface area contributed by atoms with Gasteiger partial charge in [0, 0.05) is 10.8 Å². The average Bonchev–Trinajstić information content (AvgIpc) is 2.30. The van der Waals surface area contributed by atoms with Crippen molar-refractivity contribution < 1.29 is 4.68 Å². The quantitative estimate of drug-likeness (QED) is 0.640.